The van der Waals surface area contributed by atoms with Crippen LogP contribution in [0.4, 0.5) is 5.82 Å². The van der Waals surface area contributed by atoms with Crippen molar-refractivity contribution in [1.29, 1.82) is 0 Å². The number of aromatic nitrogens is 2. The first kappa shape index (κ1) is 14.9. The van der Waals surface area contributed by atoms with Gasteiger partial charge >= 0.3 is 0 Å². The Morgan fingerprint density at radius 3 is 2.53 bits per heavy atom. The molecule has 1 aromatic rings. The highest BCUT2D eigenvalue weighted by molar-refractivity contribution is 5.91. The van der Waals surface area contributed by atoms with Crippen LogP contribution in [0.2, 0.25) is 0 Å². The second-order valence-corrected chi connectivity index (χ2v) is 4.43. The van der Waals surface area contributed by atoms with Crippen LogP contribution in [0, 0.1) is 5.92 Å². The number of hydrogen-bond donors (Lipinski definition) is 3. The monoisotopic (exact) mass is 265 g/mol. The maximum atomic E-state index is 11.5. The molecule has 1 aromatic heterocycles. The van der Waals surface area contributed by atoms with Crippen LogP contribution in [0.25, 0.3) is 0 Å². The molecule has 0 bridgehead atoms. The Bertz CT molecular complexity index is 430. The Morgan fingerprint density at radius 1 is 1.26 bits per heavy atom. The molecule has 0 radical (unpaired) electrons. The van der Waals surface area contributed by atoms with Gasteiger partial charge in [-0.25, -0.2) is 0 Å². The lowest BCUT2D eigenvalue weighted by molar-refractivity contribution is -0.119. The third-order valence-corrected chi connectivity index (χ3v) is 2.26. The third-order valence-electron chi connectivity index (χ3n) is 2.26. The van der Waals surface area contributed by atoms with Crippen LogP contribution in [-0.4, -0.2) is 42.1 Å². The van der Waals surface area contributed by atoms with Crippen LogP contribution in [0.5, 0.6) is 0 Å². The van der Waals surface area contributed by atoms with Crippen molar-refractivity contribution in [3.8, 4) is 0 Å². The van der Waals surface area contributed by atoms with Gasteiger partial charge in [0.2, 0.25) is 5.91 Å². The smallest absolute Gasteiger partial charge is 0.271 e. The zero-order chi connectivity index (χ0) is 14.3. The lowest BCUT2D eigenvalue weighted by Gasteiger charge is -2.08. The summed E-state index contributed by atoms with van der Waals surface area (Å²) >= 11 is 0. The zero-order valence-corrected chi connectivity index (χ0v) is 11.4. The molecule has 1 heterocycles. The summed E-state index contributed by atoms with van der Waals surface area (Å²) in [6.45, 7) is 4.82. The van der Waals surface area contributed by atoms with Gasteiger partial charge in [-0.15, -0.1) is 10.2 Å². The molecule has 0 aliphatic carbocycles. The standard InChI is InChI=1S/C12H19N5O2/c1-8(2)6-15-11(18)7-14-10-5-4-9(16-17-10)12(19)13-3/h4-5,8H,6-7H2,1-3H3,(H,13,19)(H,14,17)(H,15,18). The molecule has 0 saturated carbocycles. The molecule has 0 fully saturated rings. The first-order chi connectivity index (χ1) is 9.02. The van der Waals surface area contributed by atoms with Crippen molar-refractivity contribution in [3.63, 3.8) is 0 Å². The van der Waals surface area contributed by atoms with Crippen molar-refractivity contribution in [2.24, 2.45) is 5.92 Å². The van der Waals surface area contributed by atoms with E-state index in [2.05, 4.69) is 26.1 Å². The van der Waals surface area contributed by atoms with Crippen molar-refractivity contribution < 1.29 is 9.59 Å². The molecule has 0 aliphatic rings. The molecule has 0 unspecified atom stereocenters. The molecule has 0 spiro atoms. The van der Waals surface area contributed by atoms with Gasteiger partial charge in [-0.3, -0.25) is 9.59 Å². The minimum absolute atomic E-state index is 0.106. The topological polar surface area (TPSA) is 96.0 Å². The van der Waals surface area contributed by atoms with Crippen molar-refractivity contribution in [1.82, 2.24) is 20.8 Å². The third kappa shape index (κ3) is 5.33. The van der Waals surface area contributed by atoms with E-state index >= 15 is 0 Å². The summed E-state index contributed by atoms with van der Waals surface area (Å²) < 4.78 is 0. The maximum absolute atomic E-state index is 11.5. The minimum atomic E-state index is -0.297. The number of carbonyl (C=O) groups excluding carboxylic acids is 2. The van der Waals surface area contributed by atoms with Crippen molar-refractivity contribution in [2.75, 3.05) is 25.5 Å². The highest BCUT2D eigenvalue weighted by atomic mass is 16.2. The normalized spacial score (nSPS) is 10.1. The largest absolute Gasteiger partial charge is 0.360 e. The van der Waals surface area contributed by atoms with E-state index in [4.69, 9.17) is 0 Å². The summed E-state index contributed by atoms with van der Waals surface area (Å²) in [7, 11) is 1.52. The molecule has 0 aromatic carbocycles. The number of anilines is 1. The molecule has 0 aliphatic heterocycles. The van der Waals surface area contributed by atoms with Gasteiger partial charge in [0.25, 0.3) is 5.91 Å². The summed E-state index contributed by atoms with van der Waals surface area (Å²) in [4.78, 5) is 22.7. The molecule has 7 heteroatoms. The number of nitrogens with zero attached hydrogens (tertiary/aromatic N) is 2. The SMILES string of the molecule is CNC(=O)c1ccc(NCC(=O)NCC(C)C)nn1. The van der Waals surface area contributed by atoms with Crippen LogP contribution >= 0.6 is 0 Å². The predicted molar refractivity (Wildman–Crippen MR) is 71.8 cm³/mol. The number of carbonyl (C=O) groups is 2. The lowest BCUT2D eigenvalue weighted by atomic mass is 10.2. The lowest BCUT2D eigenvalue weighted by Crippen LogP contribution is -2.32. The maximum Gasteiger partial charge on any atom is 0.271 e. The second kappa shape index (κ2) is 7.30. The first-order valence-corrected chi connectivity index (χ1v) is 6.09. The summed E-state index contributed by atoms with van der Waals surface area (Å²) in [5, 5.41) is 15.6. The van der Waals surface area contributed by atoms with Crippen molar-refractivity contribution in [2.45, 2.75) is 13.8 Å². The second-order valence-electron chi connectivity index (χ2n) is 4.43. The highest BCUT2D eigenvalue weighted by Gasteiger charge is 2.06. The molecule has 0 saturated heterocycles. The molecule has 0 atom stereocenters. The van der Waals surface area contributed by atoms with Gasteiger partial charge in [0.1, 0.15) is 5.82 Å². The fourth-order valence-electron chi connectivity index (χ4n) is 1.23. The number of rotatable bonds is 6. The molecule has 7 nitrogen and oxygen atoms in total. The molecule has 1 rings (SSSR count). The van der Waals surface area contributed by atoms with E-state index in [0.717, 1.165) is 0 Å². The van der Waals surface area contributed by atoms with Crippen molar-refractivity contribution >= 4 is 17.6 Å². The summed E-state index contributed by atoms with van der Waals surface area (Å²) in [5.74, 6) is 0.461. The average Bonchev–Trinajstić information content (AvgIpc) is 2.42. The van der Waals surface area contributed by atoms with E-state index in [9.17, 15) is 9.59 Å². The van der Waals surface area contributed by atoms with Gasteiger partial charge in [0.05, 0.1) is 6.54 Å². The van der Waals surface area contributed by atoms with E-state index in [1.54, 1.807) is 12.1 Å². The van der Waals surface area contributed by atoms with E-state index in [-0.39, 0.29) is 24.1 Å². The zero-order valence-electron chi connectivity index (χ0n) is 11.4. The Kier molecular flexibility index (Phi) is 5.72. The Labute approximate surface area is 112 Å². The van der Waals surface area contributed by atoms with Gasteiger partial charge in [-0.1, -0.05) is 13.8 Å². The number of hydrogen-bond acceptors (Lipinski definition) is 5. The van der Waals surface area contributed by atoms with E-state index in [1.165, 1.54) is 7.05 Å². The van der Waals surface area contributed by atoms with E-state index in [1.807, 2.05) is 13.8 Å². The average molecular weight is 265 g/mol. The van der Waals surface area contributed by atoms with Crippen LogP contribution in [-0.2, 0) is 4.79 Å². The summed E-state index contributed by atoms with van der Waals surface area (Å²) in [5.41, 5.74) is 0.234. The Hall–Kier alpha value is -2.18. The van der Waals surface area contributed by atoms with Crippen LogP contribution in [0.1, 0.15) is 24.3 Å². The van der Waals surface area contributed by atoms with Crippen LogP contribution < -0.4 is 16.0 Å². The minimum Gasteiger partial charge on any atom is -0.360 e. The van der Waals surface area contributed by atoms with E-state index < -0.39 is 0 Å². The fraction of sp³-hybridized carbons (Fsp3) is 0.500. The number of nitrogens with one attached hydrogen (secondary N) is 3. The van der Waals surface area contributed by atoms with Gasteiger partial charge in [-0.2, -0.15) is 0 Å². The quantitative estimate of drug-likeness (QED) is 0.674. The molecular weight excluding hydrogens is 246 g/mol. The van der Waals surface area contributed by atoms with Crippen LogP contribution in [0.15, 0.2) is 12.1 Å². The van der Waals surface area contributed by atoms with Gasteiger partial charge in [-0.05, 0) is 18.1 Å². The Balaban J connectivity index is 2.41. The molecule has 2 amide bonds. The molecule has 104 valence electrons. The van der Waals surface area contributed by atoms with E-state index in [0.29, 0.717) is 18.3 Å². The number of amides is 2. The first-order valence-electron chi connectivity index (χ1n) is 6.09. The Morgan fingerprint density at radius 2 is 2.00 bits per heavy atom. The molecule has 19 heavy (non-hydrogen) atoms. The summed E-state index contributed by atoms with van der Waals surface area (Å²) in [6, 6.07) is 3.15. The van der Waals surface area contributed by atoms with Gasteiger partial charge in [0.15, 0.2) is 5.69 Å². The molecule has 3 N–H and O–H groups in total. The summed E-state index contributed by atoms with van der Waals surface area (Å²) in [6.07, 6.45) is 0. The predicted octanol–water partition coefficient (Wildman–Crippen LogP) is 0.0203. The fourth-order valence-corrected chi connectivity index (χ4v) is 1.23. The van der Waals surface area contributed by atoms with Gasteiger partial charge in [0, 0.05) is 13.6 Å². The van der Waals surface area contributed by atoms with Crippen molar-refractivity contribution in [3.05, 3.63) is 17.8 Å². The van der Waals surface area contributed by atoms with Crippen LogP contribution in [0.3, 0.4) is 0 Å². The highest BCUT2D eigenvalue weighted by Crippen LogP contribution is 2.01. The van der Waals surface area contributed by atoms with Gasteiger partial charge < -0.3 is 16.0 Å². The molecular formula is C12H19N5O2.